The van der Waals surface area contributed by atoms with Crippen molar-refractivity contribution >= 4 is 17.5 Å². The fraction of sp³-hybridized carbons (Fsp3) is 0.533. The third-order valence-electron chi connectivity index (χ3n) is 3.74. The van der Waals surface area contributed by atoms with Crippen LogP contribution >= 0.6 is 11.6 Å². The van der Waals surface area contributed by atoms with Crippen LogP contribution in [0.1, 0.15) is 35.2 Å². The van der Waals surface area contributed by atoms with Crippen molar-refractivity contribution in [3.05, 3.63) is 34.3 Å². The maximum Gasteiger partial charge on any atom is 0.255 e. The van der Waals surface area contributed by atoms with Crippen LogP contribution < -0.4 is 5.73 Å². The van der Waals surface area contributed by atoms with E-state index >= 15 is 0 Å². The first-order valence-electron chi connectivity index (χ1n) is 6.87. The minimum Gasteiger partial charge on any atom is -0.338 e. The Morgan fingerprint density at radius 1 is 1.53 bits per heavy atom. The van der Waals surface area contributed by atoms with Crippen LogP contribution in [0.4, 0.5) is 0 Å². The largest absolute Gasteiger partial charge is 0.338 e. The lowest BCUT2D eigenvalue weighted by Gasteiger charge is -2.33. The monoisotopic (exact) mass is 280 g/mol. The summed E-state index contributed by atoms with van der Waals surface area (Å²) < 4.78 is 0. The highest BCUT2D eigenvalue weighted by molar-refractivity contribution is 6.33. The van der Waals surface area contributed by atoms with Gasteiger partial charge >= 0.3 is 0 Å². The molecular formula is C15H21ClN2O. The molecule has 2 N–H and O–H groups in total. The van der Waals surface area contributed by atoms with Crippen LogP contribution in [0.2, 0.25) is 5.02 Å². The standard InChI is InChI=1S/C15H21ClN2O/c1-11-4-5-13(14(16)9-11)15(19)18-8-2-3-12(10-18)6-7-17/h4-5,9,12H,2-3,6-8,10,17H2,1H3. The number of nitrogens with two attached hydrogens (primary N) is 1. The van der Waals surface area contributed by atoms with Crippen molar-refractivity contribution in [1.29, 1.82) is 0 Å². The number of rotatable bonds is 3. The SMILES string of the molecule is Cc1ccc(C(=O)N2CCCC(CCN)C2)c(Cl)c1. The molecule has 3 nitrogen and oxygen atoms in total. The molecule has 1 saturated heterocycles. The van der Waals surface area contributed by atoms with Crippen molar-refractivity contribution in [3.63, 3.8) is 0 Å². The van der Waals surface area contributed by atoms with Crippen LogP contribution in [0.15, 0.2) is 18.2 Å². The number of hydrogen-bond donors (Lipinski definition) is 1. The van der Waals surface area contributed by atoms with Crippen LogP contribution in [0.5, 0.6) is 0 Å². The molecule has 4 heteroatoms. The van der Waals surface area contributed by atoms with Crippen molar-refractivity contribution in [2.45, 2.75) is 26.2 Å². The van der Waals surface area contributed by atoms with Gasteiger partial charge in [0, 0.05) is 13.1 Å². The molecule has 1 aromatic carbocycles. The molecule has 2 rings (SSSR count). The molecule has 0 spiro atoms. The van der Waals surface area contributed by atoms with Gasteiger partial charge in [0.25, 0.3) is 5.91 Å². The van der Waals surface area contributed by atoms with Gasteiger partial charge in [0.05, 0.1) is 10.6 Å². The van der Waals surface area contributed by atoms with Gasteiger partial charge in [0.1, 0.15) is 0 Å². The Hall–Kier alpha value is -1.06. The van der Waals surface area contributed by atoms with Gasteiger partial charge in [-0.3, -0.25) is 4.79 Å². The molecule has 0 bridgehead atoms. The van der Waals surface area contributed by atoms with Crippen LogP contribution in [0, 0.1) is 12.8 Å². The number of aryl methyl sites for hydroxylation is 1. The van der Waals surface area contributed by atoms with E-state index in [9.17, 15) is 4.79 Å². The molecule has 0 aliphatic carbocycles. The molecule has 19 heavy (non-hydrogen) atoms. The summed E-state index contributed by atoms with van der Waals surface area (Å²) in [5, 5.41) is 0.547. The molecule has 1 aliphatic heterocycles. The van der Waals surface area contributed by atoms with Gasteiger partial charge in [0.2, 0.25) is 0 Å². The lowest BCUT2D eigenvalue weighted by atomic mass is 9.94. The summed E-state index contributed by atoms with van der Waals surface area (Å²) in [4.78, 5) is 14.4. The van der Waals surface area contributed by atoms with E-state index in [0.29, 0.717) is 23.0 Å². The normalized spacial score (nSPS) is 19.5. The predicted octanol–water partition coefficient (Wildman–Crippen LogP) is 2.85. The van der Waals surface area contributed by atoms with Gasteiger partial charge in [-0.15, -0.1) is 0 Å². The number of hydrogen-bond acceptors (Lipinski definition) is 2. The van der Waals surface area contributed by atoms with E-state index < -0.39 is 0 Å². The molecule has 104 valence electrons. The minimum atomic E-state index is 0.0479. The number of benzene rings is 1. The Labute approximate surface area is 119 Å². The summed E-state index contributed by atoms with van der Waals surface area (Å²) in [7, 11) is 0. The molecule has 1 heterocycles. The zero-order chi connectivity index (χ0) is 13.8. The van der Waals surface area contributed by atoms with Crippen LogP contribution in [0.25, 0.3) is 0 Å². The highest BCUT2D eigenvalue weighted by atomic mass is 35.5. The van der Waals surface area contributed by atoms with Gasteiger partial charge in [-0.2, -0.15) is 0 Å². The van der Waals surface area contributed by atoms with Gasteiger partial charge in [-0.1, -0.05) is 17.7 Å². The molecule has 1 fully saturated rings. The Bertz CT molecular complexity index is 459. The average molecular weight is 281 g/mol. The van der Waals surface area contributed by atoms with E-state index in [1.54, 1.807) is 0 Å². The fourth-order valence-electron chi connectivity index (χ4n) is 2.68. The van der Waals surface area contributed by atoms with E-state index in [1.807, 2.05) is 30.0 Å². The van der Waals surface area contributed by atoms with Gasteiger partial charge in [-0.25, -0.2) is 0 Å². The Morgan fingerprint density at radius 3 is 3.00 bits per heavy atom. The summed E-state index contributed by atoms with van der Waals surface area (Å²) in [5.74, 6) is 0.582. The predicted molar refractivity (Wildman–Crippen MR) is 78.5 cm³/mol. The van der Waals surface area contributed by atoms with Crippen LogP contribution in [-0.4, -0.2) is 30.4 Å². The summed E-state index contributed by atoms with van der Waals surface area (Å²) in [6, 6.07) is 5.60. The summed E-state index contributed by atoms with van der Waals surface area (Å²) in [6.07, 6.45) is 3.22. The number of amides is 1. The maximum absolute atomic E-state index is 12.5. The lowest BCUT2D eigenvalue weighted by Crippen LogP contribution is -2.40. The fourth-order valence-corrected chi connectivity index (χ4v) is 3.00. The first kappa shape index (κ1) is 14.4. The van der Waals surface area contributed by atoms with E-state index in [4.69, 9.17) is 17.3 Å². The smallest absolute Gasteiger partial charge is 0.255 e. The van der Waals surface area contributed by atoms with Gasteiger partial charge < -0.3 is 10.6 Å². The Kier molecular flexibility index (Phi) is 4.83. The first-order valence-corrected chi connectivity index (χ1v) is 7.25. The molecular weight excluding hydrogens is 260 g/mol. The zero-order valence-corrected chi connectivity index (χ0v) is 12.1. The lowest BCUT2D eigenvalue weighted by molar-refractivity contribution is 0.0669. The highest BCUT2D eigenvalue weighted by Gasteiger charge is 2.25. The van der Waals surface area contributed by atoms with E-state index in [2.05, 4.69) is 0 Å². The topological polar surface area (TPSA) is 46.3 Å². The van der Waals surface area contributed by atoms with E-state index in [1.165, 1.54) is 6.42 Å². The first-order chi connectivity index (χ1) is 9.11. The van der Waals surface area contributed by atoms with E-state index in [0.717, 1.165) is 31.5 Å². The van der Waals surface area contributed by atoms with Crippen molar-refractivity contribution in [2.75, 3.05) is 19.6 Å². The molecule has 1 aliphatic rings. The second-order valence-electron chi connectivity index (χ2n) is 5.32. The second-order valence-corrected chi connectivity index (χ2v) is 5.73. The quantitative estimate of drug-likeness (QED) is 0.925. The highest BCUT2D eigenvalue weighted by Crippen LogP contribution is 2.24. The number of nitrogens with zero attached hydrogens (tertiary/aromatic N) is 1. The van der Waals surface area contributed by atoms with E-state index in [-0.39, 0.29) is 5.91 Å². The van der Waals surface area contributed by atoms with Gasteiger partial charge in [0.15, 0.2) is 0 Å². The van der Waals surface area contributed by atoms with Crippen molar-refractivity contribution < 1.29 is 4.79 Å². The number of carbonyl (C=O) groups is 1. The molecule has 0 radical (unpaired) electrons. The Morgan fingerprint density at radius 2 is 2.32 bits per heavy atom. The van der Waals surface area contributed by atoms with Crippen molar-refractivity contribution in [1.82, 2.24) is 4.90 Å². The summed E-state index contributed by atoms with van der Waals surface area (Å²) >= 11 is 6.17. The van der Waals surface area contributed by atoms with Crippen molar-refractivity contribution in [3.8, 4) is 0 Å². The minimum absolute atomic E-state index is 0.0479. The molecule has 0 saturated carbocycles. The van der Waals surface area contributed by atoms with Gasteiger partial charge in [-0.05, 0) is 56.3 Å². The molecule has 1 amide bonds. The molecule has 1 aromatic rings. The molecule has 0 aromatic heterocycles. The van der Waals surface area contributed by atoms with Crippen molar-refractivity contribution in [2.24, 2.45) is 11.7 Å². The summed E-state index contributed by atoms with van der Waals surface area (Å²) in [5.41, 5.74) is 7.29. The number of likely N-dealkylation sites (tertiary alicyclic amines) is 1. The third-order valence-corrected chi connectivity index (χ3v) is 4.05. The molecule has 1 atom stereocenters. The Balaban J connectivity index is 2.10. The van der Waals surface area contributed by atoms with Crippen LogP contribution in [-0.2, 0) is 0 Å². The zero-order valence-electron chi connectivity index (χ0n) is 11.4. The number of halogens is 1. The molecule has 1 unspecified atom stereocenters. The summed E-state index contributed by atoms with van der Waals surface area (Å²) in [6.45, 7) is 4.29. The maximum atomic E-state index is 12.5. The second kappa shape index (κ2) is 6.40. The average Bonchev–Trinajstić information content (AvgIpc) is 2.39. The third kappa shape index (κ3) is 3.48. The van der Waals surface area contributed by atoms with Crippen LogP contribution in [0.3, 0.4) is 0 Å². The number of piperidine rings is 1. The number of carbonyl (C=O) groups excluding carboxylic acids is 1.